The average Bonchev–Trinajstić information content (AvgIpc) is 3.01. The third-order valence-electron chi connectivity index (χ3n) is 3.37. The molecule has 0 unspecified atom stereocenters. The van der Waals surface area contributed by atoms with Gasteiger partial charge in [-0.25, -0.2) is 4.98 Å². The molecule has 0 saturated heterocycles. The fraction of sp³-hybridized carbons (Fsp3) is 0.333. The number of ketones is 1. The van der Waals surface area contributed by atoms with Gasteiger partial charge in [0.1, 0.15) is 10.8 Å². The molecule has 130 valence electrons. The van der Waals surface area contributed by atoms with Gasteiger partial charge in [-0.05, 0) is 25.5 Å². The van der Waals surface area contributed by atoms with Crippen molar-refractivity contribution in [3.63, 3.8) is 0 Å². The topological polar surface area (TPSA) is 89.3 Å². The Morgan fingerprint density at radius 3 is 2.72 bits per heavy atom. The van der Waals surface area contributed by atoms with E-state index in [9.17, 15) is 9.59 Å². The SMILES string of the molecule is Cc1csc([C@@H](C#N)C(=O)COC(=O)CCOc2ccccc2C)n1. The molecule has 0 aliphatic rings. The first kappa shape index (κ1) is 18.6. The van der Waals surface area contributed by atoms with Crippen LogP contribution >= 0.6 is 11.3 Å². The predicted molar refractivity (Wildman–Crippen MR) is 92.5 cm³/mol. The Hall–Kier alpha value is -2.72. The first-order chi connectivity index (χ1) is 12.0. The number of esters is 1. The standard InChI is InChI=1S/C18H18N2O4S/c1-12-5-3-4-6-16(12)23-8-7-17(22)24-10-15(21)14(9-19)18-20-13(2)11-25-18/h3-6,11,14H,7-8,10H2,1-2H3/t14-/m0/s1. The summed E-state index contributed by atoms with van der Waals surface area (Å²) in [6.07, 6.45) is 0.0230. The molecule has 7 heteroatoms. The fourth-order valence-electron chi connectivity index (χ4n) is 2.04. The average molecular weight is 358 g/mol. The van der Waals surface area contributed by atoms with Gasteiger partial charge in [0.25, 0.3) is 0 Å². The number of thiazole rings is 1. The van der Waals surface area contributed by atoms with Gasteiger partial charge in [0.15, 0.2) is 18.3 Å². The van der Waals surface area contributed by atoms with Crippen LogP contribution in [0, 0.1) is 25.2 Å². The quantitative estimate of drug-likeness (QED) is 0.674. The van der Waals surface area contributed by atoms with E-state index < -0.39 is 24.3 Å². The lowest BCUT2D eigenvalue weighted by atomic mass is 10.1. The van der Waals surface area contributed by atoms with Crippen LogP contribution in [0.15, 0.2) is 29.6 Å². The molecule has 0 radical (unpaired) electrons. The molecule has 1 aromatic heterocycles. The van der Waals surface area contributed by atoms with Gasteiger partial charge in [-0.15, -0.1) is 11.3 Å². The first-order valence-corrected chi connectivity index (χ1v) is 8.57. The lowest BCUT2D eigenvalue weighted by Crippen LogP contribution is -2.20. The number of aryl methyl sites for hydroxylation is 2. The number of hydrogen-bond donors (Lipinski definition) is 0. The molecule has 2 rings (SSSR count). The predicted octanol–water partition coefficient (Wildman–Crippen LogP) is 2.95. The van der Waals surface area contributed by atoms with Crippen molar-refractivity contribution in [2.24, 2.45) is 0 Å². The lowest BCUT2D eigenvalue weighted by molar-refractivity contribution is -0.148. The molecule has 1 atom stereocenters. The molecule has 0 aliphatic heterocycles. The zero-order valence-corrected chi connectivity index (χ0v) is 14.8. The number of rotatable bonds is 8. The van der Waals surface area contributed by atoms with E-state index in [4.69, 9.17) is 14.7 Å². The molecule has 0 fully saturated rings. The summed E-state index contributed by atoms with van der Waals surface area (Å²) in [6.45, 7) is 3.41. The van der Waals surface area contributed by atoms with Crippen molar-refractivity contribution in [3.8, 4) is 11.8 Å². The van der Waals surface area contributed by atoms with Crippen LogP contribution in [-0.2, 0) is 14.3 Å². The Labute approximate surface area is 150 Å². The van der Waals surface area contributed by atoms with Crippen LogP contribution in [0.1, 0.15) is 28.6 Å². The van der Waals surface area contributed by atoms with E-state index in [2.05, 4.69) is 4.98 Å². The molecule has 0 N–H and O–H groups in total. The fourth-order valence-corrected chi connectivity index (χ4v) is 2.90. The molecule has 2 aromatic rings. The van der Waals surface area contributed by atoms with Gasteiger partial charge in [-0.2, -0.15) is 5.26 Å². The minimum absolute atomic E-state index is 0.0230. The highest BCUT2D eigenvalue weighted by Crippen LogP contribution is 2.21. The Bertz CT molecular complexity index is 794. The van der Waals surface area contributed by atoms with Gasteiger partial charge in [-0.3, -0.25) is 9.59 Å². The summed E-state index contributed by atoms with van der Waals surface area (Å²) >= 11 is 1.24. The molecule has 6 nitrogen and oxygen atoms in total. The van der Waals surface area contributed by atoms with Crippen LogP contribution < -0.4 is 4.74 Å². The minimum atomic E-state index is -1.00. The van der Waals surface area contributed by atoms with E-state index in [1.807, 2.05) is 37.3 Å². The monoisotopic (exact) mass is 358 g/mol. The summed E-state index contributed by atoms with van der Waals surface area (Å²) in [5.41, 5.74) is 1.72. The van der Waals surface area contributed by atoms with E-state index in [-0.39, 0.29) is 13.0 Å². The number of carbonyl (C=O) groups excluding carboxylic acids is 2. The van der Waals surface area contributed by atoms with Crippen LogP contribution in [0.5, 0.6) is 5.75 Å². The normalized spacial score (nSPS) is 11.4. The summed E-state index contributed by atoms with van der Waals surface area (Å²) in [7, 11) is 0. The number of nitriles is 1. The van der Waals surface area contributed by atoms with E-state index in [1.165, 1.54) is 11.3 Å². The van der Waals surface area contributed by atoms with Crippen molar-refractivity contribution >= 4 is 23.1 Å². The van der Waals surface area contributed by atoms with Crippen molar-refractivity contribution in [1.29, 1.82) is 5.26 Å². The third kappa shape index (κ3) is 5.40. The number of hydrogen-bond acceptors (Lipinski definition) is 7. The first-order valence-electron chi connectivity index (χ1n) is 7.69. The van der Waals surface area contributed by atoms with Crippen LogP contribution in [0.3, 0.4) is 0 Å². The second kappa shape index (κ2) is 8.94. The lowest BCUT2D eigenvalue weighted by Gasteiger charge is -2.09. The van der Waals surface area contributed by atoms with Gasteiger partial charge in [0.2, 0.25) is 0 Å². The maximum atomic E-state index is 12.1. The van der Waals surface area contributed by atoms with Crippen molar-refractivity contribution < 1.29 is 19.1 Å². The zero-order valence-electron chi connectivity index (χ0n) is 14.0. The Morgan fingerprint density at radius 1 is 1.32 bits per heavy atom. The highest BCUT2D eigenvalue weighted by atomic mass is 32.1. The van der Waals surface area contributed by atoms with Crippen molar-refractivity contribution in [2.45, 2.75) is 26.2 Å². The number of benzene rings is 1. The Morgan fingerprint density at radius 2 is 2.08 bits per heavy atom. The molecule has 0 saturated carbocycles. The maximum Gasteiger partial charge on any atom is 0.309 e. The number of nitrogens with zero attached hydrogens (tertiary/aromatic N) is 2. The number of ether oxygens (including phenoxy) is 2. The highest BCUT2D eigenvalue weighted by molar-refractivity contribution is 7.09. The maximum absolute atomic E-state index is 12.1. The molecule has 0 amide bonds. The second-order valence-corrected chi connectivity index (χ2v) is 6.27. The Balaban J connectivity index is 1.76. The van der Waals surface area contributed by atoms with Crippen molar-refractivity contribution in [2.75, 3.05) is 13.2 Å². The van der Waals surface area contributed by atoms with Crippen LogP contribution in [0.25, 0.3) is 0 Å². The smallest absolute Gasteiger partial charge is 0.309 e. The summed E-state index contributed by atoms with van der Waals surface area (Å²) in [5, 5.41) is 11.3. The zero-order chi connectivity index (χ0) is 18.2. The van der Waals surface area contributed by atoms with Gasteiger partial charge in [0, 0.05) is 11.1 Å². The number of carbonyl (C=O) groups is 2. The van der Waals surface area contributed by atoms with E-state index >= 15 is 0 Å². The van der Waals surface area contributed by atoms with Crippen LogP contribution in [-0.4, -0.2) is 30.0 Å². The van der Waals surface area contributed by atoms with Gasteiger partial charge in [0.05, 0.1) is 19.1 Å². The van der Waals surface area contributed by atoms with Crippen LogP contribution in [0.4, 0.5) is 0 Å². The summed E-state index contributed by atoms with van der Waals surface area (Å²) in [5.74, 6) is -1.33. The van der Waals surface area contributed by atoms with E-state index in [1.54, 1.807) is 12.3 Å². The molecule has 1 aromatic carbocycles. The number of aromatic nitrogens is 1. The van der Waals surface area contributed by atoms with Gasteiger partial charge in [-0.1, -0.05) is 18.2 Å². The van der Waals surface area contributed by atoms with E-state index in [0.717, 1.165) is 11.3 Å². The molecular weight excluding hydrogens is 340 g/mol. The van der Waals surface area contributed by atoms with E-state index in [0.29, 0.717) is 10.8 Å². The highest BCUT2D eigenvalue weighted by Gasteiger charge is 2.24. The molecule has 0 aliphatic carbocycles. The third-order valence-corrected chi connectivity index (χ3v) is 4.40. The summed E-state index contributed by atoms with van der Waals surface area (Å²) in [4.78, 5) is 27.9. The molecular formula is C18H18N2O4S. The molecule has 0 spiro atoms. The molecule has 1 heterocycles. The van der Waals surface area contributed by atoms with Crippen molar-refractivity contribution in [3.05, 3.63) is 45.9 Å². The minimum Gasteiger partial charge on any atom is -0.493 e. The van der Waals surface area contributed by atoms with Gasteiger partial charge < -0.3 is 9.47 Å². The second-order valence-electron chi connectivity index (χ2n) is 5.38. The number of Topliss-reactive ketones (excluding diaryl/α,β-unsaturated/α-hetero) is 1. The number of para-hydroxylation sites is 1. The summed E-state index contributed by atoms with van der Waals surface area (Å²) < 4.78 is 10.4. The van der Waals surface area contributed by atoms with Crippen molar-refractivity contribution in [1.82, 2.24) is 4.98 Å². The largest absolute Gasteiger partial charge is 0.493 e. The molecule has 25 heavy (non-hydrogen) atoms. The Kier molecular flexibility index (Phi) is 6.66. The molecule has 0 bridgehead atoms. The van der Waals surface area contributed by atoms with Gasteiger partial charge >= 0.3 is 5.97 Å². The summed E-state index contributed by atoms with van der Waals surface area (Å²) in [6, 6.07) is 9.39. The van der Waals surface area contributed by atoms with Crippen LogP contribution in [0.2, 0.25) is 0 Å².